The molecule has 0 saturated heterocycles. The van der Waals surface area contributed by atoms with E-state index in [0.29, 0.717) is 5.92 Å². The van der Waals surface area contributed by atoms with Gasteiger partial charge in [0, 0.05) is 0 Å². The number of hydrogen-bond donors (Lipinski definition) is 1. The van der Waals surface area contributed by atoms with Gasteiger partial charge in [-0.15, -0.1) is 0 Å². The van der Waals surface area contributed by atoms with Crippen LogP contribution < -0.4 is 0 Å². The maximum absolute atomic E-state index is 11.1. The zero-order valence-electron chi connectivity index (χ0n) is 13.0. The highest BCUT2D eigenvalue weighted by Gasteiger charge is 2.35. The lowest BCUT2D eigenvalue weighted by Gasteiger charge is -2.37. The number of aryl methyl sites for hydroxylation is 2. The average Bonchev–Trinajstić information content (AvgIpc) is 2.48. The Labute approximate surface area is 127 Å². The first-order valence-electron chi connectivity index (χ1n) is 7.93. The van der Waals surface area contributed by atoms with Gasteiger partial charge in [-0.3, -0.25) is 0 Å². The smallest absolute Gasteiger partial charge is 0.0897 e. The highest BCUT2D eigenvalue weighted by molar-refractivity contribution is 5.33. The second-order valence-corrected chi connectivity index (χ2v) is 6.59. The normalized spacial score (nSPS) is 25.8. The molecule has 0 amide bonds. The lowest BCUT2D eigenvalue weighted by molar-refractivity contribution is -0.00575. The minimum atomic E-state index is -0.637. The van der Waals surface area contributed by atoms with Crippen molar-refractivity contribution in [3.8, 4) is 0 Å². The van der Waals surface area contributed by atoms with Crippen molar-refractivity contribution in [2.45, 2.75) is 51.0 Å². The number of benzene rings is 2. The van der Waals surface area contributed by atoms with Crippen molar-refractivity contribution >= 4 is 0 Å². The van der Waals surface area contributed by atoms with Crippen LogP contribution in [0.5, 0.6) is 0 Å². The Balaban J connectivity index is 1.77. The van der Waals surface area contributed by atoms with Crippen molar-refractivity contribution in [1.29, 1.82) is 0 Å². The van der Waals surface area contributed by atoms with Crippen LogP contribution in [-0.4, -0.2) is 5.11 Å². The Morgan fingerprint density at radius 2 is 1.48 bits per heavy atom. The summed E-state index contributed by atoms with van der Waals surface area (Å²) in [6, 6.07) is 17.2. The topological polar surface area (TPSA) is 20.2 Å². The molecule has 0 radical (unpaired) electrons. The molecule has 110 valence electrons. The van der Waals surface area contributed by atoms with Crippen molar-refractivity contribution in [1.82, 2.24) is 0 Å². The van der Waals surface area contributed by atoms with E-state index in [4.69, 9.17) is 0 Å². The summed E-state index contributed by atoms with van der Waals surface area (Å²) in [7, 11) is 0. The molecule has 1 N–H and O–H groups in total. The fourth-order valence-corrected chi connectivity index (χ4v) is 3.69. The third-order valence-corrected chi connectivity index (χ3v) is 4.84. The Morgan fingerprint density at radius 1 is 0.905 bits per heavy atom. The molecule has 1 nitrogen and oxygen atoms in total. The van der Waals surface area contributed by atoms with Gasteiger partial charge in [0.05, 0.1) is 5.60 Å². The predicted molar refractivity (Wildman–Crippen MR) is 87.5 cm³/mol. The molecule has 1 aliphatic rings. The third kappa shape index (κ3) is 3.03. The average molecular weight is 280 g/mol. The summed E-state index contributed by atoms with van der Waals surface area (Å²) in [5.41, 5.74) is 4.36. The van der Waals surface area contributed by atoms with Crippen LogP contribution in [-0.2, 0) is 5.60 Å². The van der Waals surface area contributed by atoms with Crippen LogP contribution in [0.15, 0.2) is 48.5 Å². The van der Waals surface area contributed by atoms with E-state index in [-0.39, 0.29) is 0 Å². The van der Waals surface area contributed by atoms with Crippen LogP contribution in [0.4, 0.5) is 0 Å². The summed E-state index contributed by atoms with van der Waals surface area (Å²) in [6.45, 7) is 4.21. The molecule has 2 aromatic rings. The lowest BCUT2D eigenvalue weighted by atomic mass is 9.73. The molecule has 2 aromatic carbocycles. The predicted octanol–water partition coefficient (Wildman–Crippen LogP) is 4.85. The zero-order chi connectivity index (χ0) is 14.9. The summed E-state index contributed by atoms with van der Waals surface area (Å²) >= 11 is 0. The first kappa shape index (κ1) is 14.3. The van der Waals surface area contributed by atoms with E-state index >= 15 is 0 Å². The fourth-order valence-electron chi connectivity index (χ4n) is 3.69. The van der Waals surface area contributed by atoms with Gasteiger partial charge in [-0.1, -0.05) is 59.7 Å². The highest BCUT2D eigenvalue weighted by Crippen LogP contribution is 2.43. The van der Waals surface area contributed by atoms with Gasteiger partial charge < -0.3 is 5.11 Å². The Morgan fingerprint density at radius 3 is 2.05 bits per heavy atom. The van der Waals surface area contributed by atoms with Crippen molar-refractivity contribution in [2.24, 2.45) is 0 Å². The fraction of sp³-hybridized carbons (Fsp3) is 0.400. The molecule has 0 atom stereocenters. The van der Waals surface area contributed by atoms with E-state index in [1.807, 2.05) is 0 Å². The molecule has 0 heterocycles. The van der Waals surface area contributed by atoms with E-state index in [9.17, 15) is 5.11 Å². The van der Waals surface area contributed by atoms with Gasteiger partial charge in [-0.05, 0) is 56.6 Å². The molecule has 1 heteroatoms. The summed E-state index contributed by atoms with van der Waals surface area (Å²) in [4.78, 5) is 0. The third-order valence-electron chi connectivity index (χ3n) is 4.84. The van der Waals surface area contributed by atoms with Gasteiger partial charge in [0.25, 0.3) is 0 Å². The van der Waals surface area contributed by atoms with Crippen LogP contribution in [0.1, 0.15) is 53.9 Å². The second-order valence-electron chi connectivity index (χ2n) is 6.59. The molecule has 1 aliphatic carbocycles. The van der Waals surface area contributed by atoms with Crippen molar-refractivity contribution in [2.75, 3.05) is 0 Å². The Kier molecular flexibility index (Phi) is 3.86. The van der Waals surface area contributed by atoms with Crippen LogP contribution in [0.3, 0.4) is 0 Å². The number of hydrogen-bond acceptors (Lipinski definition) is 1. The van der Waals surface area contributed by atoms with Crippen LogP contribution in [0.2, 0.25) is 0 Å². The van der Waals surface area contributed by atoms with Crippen LogP contribution in [0, 0.1) is 13.8 Å². The van der Waals surface area contributed by atoms with Gasteiger partial charge >= 0.3 is 0 Å². The molecule has 0 aromatic heterocycles. The molecule has 0 spiro atoms. The maximum Gasteiger partial charge on any atom is 0.0897 e. The van der Waals surface area contributed by atoms with Gasteiger partial charge in [-0.25, -0.2) is 0 Å². The Bertz CT molecular complexity index is 587. The second kappa shape index (κ2) is 5.65. The Hall–Kier alpha value is -1.60. The lowest BCUT2D eigenvalue weighted by Crippen LogP contribution is -2.31. The van der Waals surface area contributed by atoms with E-state index in [1.54, 1.807) is 0 Å². The monoisotopic (exact) mass is 280 g/mol. The van der Waals surface area contributed by atoms with Gasteiger partial charge in [0.2, 0.25) is 0 Å². The molecular formula is C20H24O. The summed E-state index contributed by atoms with van der Waals surface area (Å²) in [5.74, 6) is 0.595. The van der Waals surface area contributed by atoms with Gasteiger partial charge in [0.1, 0.15) is 0 Å². The quantitative estimate of drug-likeness (QED) is 0.833. The first-order valence-corrected chi connectivity index (χ1v) is 7.93. The van der Waals surface area contributed by atoms with Crippen LogP contribution in [0.25, 0.3) is 0 Å². The maximum atomic E-state index is 11.1. The molecule has 21 heavy (non-hydrogen) atoms. The molecule has 0 bridgehead atoms. The summed E-state index contributed by atoms with van der Waals surface area (Å²) in [5, 5.41) is 11.1. The zero-order valence-corrected chi connectivity index (χ0v) is 13.0. The molecular weight excluding hydrogens is 256 g/mol. The van der Waals surface area contributed by atoms with Gasteiger partial charge in [0.15, 0.2) is 0 Å². The van der Waals surface area contributed by atoms with E-state index in [2.05, 4.69) is 62.4 Å². The van der Waals surface area contributed by atoms with Crippen molar-refractivity contribution < 1.29 is 5.11 Å². The number of aliphatic hydroxyl groups is 1. The standard InChI is InChI=1S/C20H24O/c1-15-12-16(2)14-19(13-15)20(21)10-8-18(9-11-20)17-6-4-3-5-7-17/h3-7,12-14,18,21H,8-11H2,1-2H3. The molecule has 1 saturated carbocycles. The van der Waals surface area contributed by atoms with Gasteiger partial charge in [-0.2, -0.15) is 0 Å². The van der Waals surface area contributed by atoms with E-state index in [0.717, 1.165) is 31.2 Å². The van der Waals surface area contributed by atoms with Crippen molar-refractivity contribution in [3.05, 3.63) is 70.8 Å². The molecule has 0 unspecified atom stereocenters. The minimum Gasteiger partial charge on any atom is -0.385 e. The summed E-state index contributed by atoms with van der Waals surface area (Å²) in [6.07, 6.45) is 3.84. The first-order chi connectivity index (χ1) is 10.1. The SMILES string of the molecule is Cc1cc(C)cc(C2(O)CCC(c3ccccc3)CC2)c1. The highest BCUT2D eigenvalue weighted by atomic mass is 16.3. The molecule has 3 rings (SSSR count). The van der Waals surface area contributed by atoms with E-state index in [1.165, 1.54) is 16.7 Å². The van der Waals surface area contributed by atoms with Crippen LogP contribution >= 0.6 is 0 Å². The largest absolute Gasteiger partial charge is 0.385 e. The summed E-state index contributed by atoms with van der Waals surface area (Å²) < 4.78 is 0. The van der Waals surface area contributed by atoms with E-state index < -0.39 is 5.60 Å². The minimum absolute atomic E-state index is 0.595. The molecule has 0 aliphatic heterocycles. The van der Waals surface area contributed by atoms with Crippen molar-refractivity contribution in [3.63, 3.8) is 0 Å². The molecule has 1 fully saturated rings. The number of rotatable bonds is 2.